The molecule has 2 heterocycles. The van der Waals surface area contributed by atoms with Crippen LogP contribution in [0, 0.1) is 0 Å². The highest BCUT2D eigenvalue weighted by molar-refractivity contribution is 8.00. The summed E-state index contributed by atoms with van der Waals surface area (Å²) in [7, 11) is 3.97. The van der Waals surface area contributed by atoms with Crippen LogP contribution in [0.4, 0.5) is 11.4 Å². The van der Waals surface area contributed by atoms with E-state index in [2.05, 4.69) is 32.8 Å². The maximum Gasteiger partial charge on any atom is 0.234 e. The Bertz CT molecular complexity index is 1120. The minimum atomic E-state index is -0.0594. The largest absolute Gasteiger partial charge is 0.378 e. The Morgan fingerprint density at radius 3 is 2.55 bits per heavy atom. The van der Waals surface area contributed by atoms with Crippen LogP contribution < -0.4 is 10.2 Å². The first-order valence-electron chi connectivity index (χ1n) is 9.09. The molecule has 5 nitrogen and oxygen atoms in total. The summed E-state index contributed by atoms with van der Waals surface area (Å²) >= 11 is 3.03. The monoisotopic (exact) mass is 420 g/mol. The average molecular weight is 421 g/mol. The molecular formula is C22H20N4OS2. The number of anilines is 2. The number of hydrogen-bond acceptors (Lipinski definition) is 6. The molecule has 0 unspecified atom stereocenters. The molecule has 0 aliphatic carbocycles. The van der Waals surface area contributed by atoms with Crippen LogP contribution in [0.5, 0.6) is 0 Å². The first-order valence-corrected chi connectivity index (χ1v) is 11.0. The van der Waals surface area contributed by atoms with E-state index in [1.807, 2.05) is 61.5 Å². The van der Waals surface area contributed by atoms with Gasteiger partial charge in [-0.2, -0.15) is 0 Å². The summed E-state index contributed by atoms with van der Waals surface area (Å²) in [6, 6.07) is 18.0. The Morgan fingerprint density at radius 1 is 1.07 bits per heavy atom. The molecule has 4 rings (SSSR count). The molecule has 0 atom stereocenters. The van der Waals surface area contributed by atoms with Crippen LogP contribution in [0.15, 0.2) is 71.3 Å². The van der Waals surface area contributed by atoms with E-state index in [1.165, 1.54) is 11.8 Å². The minimum absolute atomic E-state index is 0.0594. The van der Waals surface area contributed by atoms with Gasteiger partial charge in [0.25, 0.3) is 0 Å². The van der Waals surface area contributed by atoms with Crippen molar-refractivity contribution in [3.05, 3.63) is 66.3 Å². The molecule has 4 aromatic rings. The number of thioether (sulfide) groups is 1. The molecule has 29 heavy (non-hydrogen) atoms. The van der Waals surface area contributed by atoms with Gasteiger partial charge in [-0.25, -0.2) is 9.97 Å². The Morgan fingerprint density at radius 2 is 1.83 bits per heavy atom. The number of carbonyl (C=O) groups excluding carboxylic acids is 1. The summed E-state index contributed by atoms with van der Waals surface area (Å²) in [5, 5.41) is 6.89. The Labute approximate surface area is 177 Å². The first-order chi connectivity index (χ1) is 14.1. The third-order valence-corrected chi connectivity index (χ3v) is 6.30. The minimum Gasteiger partial charge on any atom is -0.378 e. The van der Waals surface area contributed by atoms with Gasteiger partial charge in [-0.1, -0.05) is 42.1 Å². The lowest BCUT2D eigenvalue weighted by Crippen LogP contribution is -2.14. The second-order valence-electron chi connectivity index (χ2n) is 6.65. The van der Waals surface area contributed by atoms with E-state index in [4.69, 9.17) is 0 Å². The van der Waals surface area contributed by atoms with Crippen LogP contribution in [0.3, 0.4) is 0 Å². The number of aromatic nitrogens is 2. The summed E-state index contributed by atoms with van der Waals surface area (Å²) in [6.07, 6.45) is 1.56. The van der Waals surface area contributed by atoms with E-state index in [9.17, 15) is 4.79 Å². The zero-order valence-corrected chi connectivity index (χ0v) is 17.8. The lowest BCUT2D eigenvalue weighted by atomic mass is 10.1. The summed E-state index contributed by atoms with van der Waals surface area (Å²) < 4.78 is 0. The van der Waals surface area contributed by atoms with Crippen molar-refractivity contribution >= 4 is 50.6 Å². The third kappa shape index (κ3) is 4.41. The molecule has 2 aromatic heterocycles. The zero-order chi connectivity index (χ0) is 20.2. The molecule has 1 amide bonds. The zero-order valence-electron chi connectivity index (χ0n) is 16.1. The van der Waals surface area contributed by atoms with Crippen molar-refractivity contribution in [2.24, 2.45) is 0 Å². The van der Waals surface area contributed by atoms with Gasteiger partial charge in [0, 0.05) is 36.4 Å². The fraction of sp³-hybridized carbons (Fsp3) is 0.136. The molecule has 0 aliphatic rings. The molecule has 1 N–H and O–H groups in total. The van der Waals surface area contributed by atoms with E-state index >= 15 is 0 Å². The van der Waals surface area contributed by atoms with Gasteiger partial charge in [-0.15, -0.1) is 11.3 Å². The predicted octanol–water partition coefficient (Wildman–Crippen LogP) is 5.16. The van der Waals surface area contributed by atoms with E-state index in [-0.39, 0.29) is 11.7 Å². The number of rotatable bonds is 6. The van der Waals surface area contributed by atoms with Crippen molar-refractivity contribution in [3.8, 4) is 11.1 Å². The number of hydrogen-bond donors (Lipinski definition) is 1. The van der Waals surface area contributed by atoms with Gasteiger partial charge < -0.3 is 10.2 Å². The molecule has 0 spiro atoms. The van der Waals surface area contributed by atoms with Crippen molar-refractivity contribution in [1.29, 1.82) is 0 Å². The maximum atomic E-state index is 12.5. The Kier molecular flexibility index (Phi) is 5.78. The smallest absolute Gasteiger partial charge is 0.234 e. The molecule has 0 saturated carbocycles. The fourth-order valence-corrected chi connectivity index (χ4v) is 4.75. The highest BCUT2D eigenvalue weighted by Crippen LogP contribution is 2.37. The van der Waals surface area contributed by atoms with Gasteiger partial charge in [0.05, 0.1) is 11.1 Å². The molecule has 0 saturated heterocycles. The predicted molar refractivity (Wildman–Crippen MR) is 123 cm³/mol. The molecule has 0 fully saturated rings. The highest BCUT2D eigenvalue weighted by atomic mass is 32.2. The van der Waals surface area contributed by atoms with E-state index in [0.29, 0.717) is 0 Å². The van der Waals surface area contributed by atoms with Gasteiger partial charge in [0.15, 0.2) is 0 Å². The van der Waals surface area contributed by atoms with Gasteiger partial charge >= 0.3 is 0 Å². The van der Waals surface area contributed by atoms with Crippen molar-refractivity contribution in [3.63, 3.8) is 0 Å². The average Bonchev–Trinajstić information content (AvgIpc) is 3.18. The molecule has 2 aromatic carbocycles. The topological polar surface area (TPSA) is 58.1 Å². The van der Waals surface area contributed by atoms with Crippen LogP contribution in [0.25, 0.3) is 21.3 Å². The van der Waals surface area contributed by atoms with E-state index in [1.54, 1.807) is 17.7 Å². The number of amides is 1. The quantitative estimate of drug-likeness (QED) is 0.345. The molecule has 7 heteroatoms. The van der Waals surface area contributed by atoms with E-state index in [0.717, 1.165) is 37.7 Å². The lowest BCUT2D eigenvalue weighted by molar-refractivity contribution is -0.113. The number of benzene rings is 2. The van der Waals surface area contributed by atoms with Crippen molar-refractivity contribution in [2.75, 3.05) is 30.1 Å². The number of nitrogens with one attached hydrogen (secondary N) is 1. The third-order valence-electron chi connectivity index (χ3n) is 4.43. The molecule has 0 aliphatic heterocycles. The van der Waals surface area contributed by atoms with Gasteiger partial charge in [0.2, 0.25) is 5.91 Å². The number of nitrogens with zero attached hydrogens (tertiary/aromatic N) is 3. The van der Waals surface area contributed by atoms with Crippen molar-refractivity contribution in [2.45, 2.75) is 5.03 Å². The summed E-state index contributed by atoms with van der Waals surface area (Å²) in [5.41, 5.74) is 4.11. The molecule has 0 radical (unpaired) electrons. The second-order valence-corrected chi connectivity index (χ2v) is 8.47. The van der Waals surface area contributed by atoms with Crippen LogP contribution >= 0.6 is 23.1 Å². The molecule has 146 valence electrons. The van der Waals surface area contributed by atoms with Crippen molar-refractivity contribution < 1.29 is 4.79 Å². The number of thiophene rings is 1. The van der Waals surface area contributed by atoms with Crippen LogP contribution in [0.1, 0.15) is 0 Å². The number of fused-ring (bicyclic) bond motifs is 1. The lowest BCUT2D eigenvalue weighted by Gasteiger charge is -2.13. The van der Waals surface area contributed by atoms with Crippen LogP contribution in [-0.2, 0) is 4.79 Å². The first kappa shape index (κ1) is 19.4. The Balaban J connectivity index is 1.49. The maximum absolute atomic E-state index is 12.5. The fourth-order valence-electron chi connectivity index (χ4n) is 2.96. The van der Waals surface area contributed by atoms with Gasteiger partial charge in [-0.05, 0) is 29.8 Å². The molecule has 0 bridgehead atoms. The summed E-state index contributed by atoms with van der Waals surface area (Å²) in [6.45, 7) is 0. The standard InChI is InChI=1S/C22H20N4OS2/c1-26(2)17-10-8-16(9-11-17)25-19(27)13-29-22-20-18(15-6-4-3-5-7-15)12-28-21(20)23-14-24-22/h3-12,14H,13H2,1-2H3,(H,25,27). The second kappa shape index (κ2) is 8.63. The van der Waals surface area contributed by atoms with Crippen molar-refractivity contribution in [1.82, 2.24) is 9.97 Å². The number of carbonyl (C=O) groups is 1. The Hall–Kier alpha value is -2.90. The van der Waals surface area contributed by atoms with Crippen LogP contribution in [0.2, 0.25) is 0 Å². The van der Waals surface area contributed by atoms with Gasteiger partial charge in [-0.3, -0.25) is 4.79 Å². The normalized spacial score (nSPS) is 10.8. The van der Waals surface area contributed by atoms with E-state index < -0.39 is 0 Å². The SMILES string of the molecule is CN(C)c1ccc(NC(=O)CSc2ncnc3scc(-c4ccccc4)c23)cc1. The highest BCUT2D eigenvalue weighted by Gasteiger charge is 2.14. The molecular weight excluding hydrogens is 400 g/mol. The van der Waals surface area contributed by atoms with Gasteiger partial charge in [0.1, 0.15) is 16.2 Å². The summed E-state index contributed by atoms with van der Waals surface area (Å²) in [4.78, 5) is 24.2. The van der Waals surface area contributed by atoms with Crippen LogP contribution in [-0.4, -0.2) is 35.7 Å². The summed E-state index contributed by atoms with van der Waals surface area (Å²) in [5.74, 6) is 0.224.